The van der Waals surface area contributed by atoms with Crippen LogP contribution in [0.3, 0.4) is 0 Å². The van der Waals surface area contributed by atoms with E-state index >= 15 is 0 Å². The predicted octanol–water partition coefficient (Wildman–Crippen LogP) is 2.31. The van der Waals surface area contributed by atoms with Crippen LogP contribution in [-0.2, 0) is 4.79 Å². The molecule has 0 heterocycles. The molecule has 0 aliphatic heterocycles. The molecule has 2 fully saturated rings. The van der Waals surface area contributed by atoms with E-state index in [4.69, 9.17) is 11.6 Å². The quantitative estimate of drug-likeness (QED) is 0.720. The Morgan fingerprint density at radius 3 is 2.50 bits per heavy atom. The Balaban J connectivity index is 1.80. The zero-order chi connectivity index (χ0) is 9.97. The number of alkyl halides is 1. The summed E-state index contributed by atoms with van der Waals surface area (Å²) in [6.45, 7) is 0. The highest BCUT2D eigenvalue weighted by Crippen LogP contribution is 2.30. The molecule has 0 bridgehead atoms. The zero-order valence-electron chi connectivity index (χ0n) is 8.47. The molecule has 2 rings (SSSR count). The van der Waals surface area contributed by atoms with Crippen molar-refractivity contribution in [1.82, 2.24) is 5.32 Å². The van der Waals surface area contributed by atoms with Gasteiger partial charge < -0.3 is 5.32 Å². The highest BCUT2D eigenvalue weighted by atomic mass is 35.5. The minimum atomic E-state index is 0.276. The van der Waals surface area contributed by atoms with Crippen molar-refractivity contribution < 1.29 is 4.79 Å². The fraction of sp³-hybridized carbons (Fsp3) is 0.909. The minimum absolute atomic E-state index is 0.276. The number of rotatable bonds is 3. The first-order chi connectivity index (χ1) is 6.81. The van der Waals surface area contributed by atoms with E-state index in [1.807, 2.05) is 0 Å². The van der Waals surface area contributed by atoms with Gasteiger partial charge in [-0.05, 0) is 31.6 Å². The lowest BCUT2D eigenvalue weighted by Gasteiger charge is -2.27. The number of carbonyl (C=O) groups excluding carboxylic acids is 1. The third-order valence-electron chi connectivity index (χ3n) is 3.66. The molecular formula is C11H18ClNO. The standard InChI is InChI=1S/C11H18ClNO/c12-7-9-5-2-6-10(9)13-11(14)8-3-1-4-8/h8-10H,1-7H2,(H,13,14). The van der Waals surface area contributed by atoms with Crippen molar-refractivity contribution in [3.63, 3.8) is 0 Å². The van der Waals surface area contributed by atoms with Crippen molar-refractivity contribution >= 4 is 17.5 Å². The molecule has 1 N–H and O–H groups in total. The molecule has 0 aromatic rings. The molecule has 0 spiro atoms. The Hall–Kier alpha value is -0.240. The predicted molar refractivity (Wildman–Crippen MR) is 57.3 cm³/mol. The summed E-state index contributed by atoms with van der Waals surface area (Å²) < 4.78 is 0. The van der Waals surface area contributed by atoms with E-state index in [2.05, 4.69) is 5.32 Å². The molecule has 80 valence electrons. The van der Waals surface area contributed by atoms with Crippen LogP contribution in [0.2, 0.25) is 0 Å². The van der Waals surface area contributed by atoms with Crippen molar-refractivity contribution in [2.75, 3.05) is 5.88 Å². The fourth-order valence-corrected chi connectivity index (χ4v) is 2.75. The molecule has 2 nitrogen and oxygen atoms in total. The number of hydrogen-bond acceptors (Lipinski definition) is 1. The average molecular weight is 216 g/mol. The third-order valence-corrected chi connectivity index (χ3v) is 4.06. The van der Waals surface area contributed by atoms with Gasteiger partial charge in [-0.2, -0.15) is 0 Å². The first kappa shape index (κ1) is 10.3. The maximum atomic E-state index is 11.7. The normalized spacial score (nSPS) is 32.6. The summed E-state index contributed by atoms with van der Waals surface area (Å²) in [5, 5.41) is 3.16. The lowest BCUT2D eigenvalue weighted by atomic mass is 9.84. The number of amides is 1. The maximum Gasteiger partial charge on any atom is 0.223 e. The molecule has 2 atom stereocenters. The van der Waals surface area contributed by atoms with Crippen LogP contribution >= 0.6 is 11.6 Å². The van der Waals surface area contributed by atoms with Crippen LogP contribution in [-0.4, -0.2) is 17.8 Å². The summed E-state index contributed by atoms with van der Waals surface area (Å²) >= 11 is 5.86. The van der Waals surface area contributed by atoms with E-state index in [9.17, 15) is 4.79 Å². The molecular weight excluding hydrogens is 198 g/mol. The zero-order valence-corrected chi connectivity index (χ0v) is 9.22. The fourth-order valence-electron chi connectivity index (χ4n) is 2.38. The van der Waals surface area contributed by atoms with Crippen LogP contribution < -0.4 is 5.32 Å². The molecule has 1 amide bonds. The van der Waals surface area contributed by atoms with Crippen LogP contribution in [0.5, 0.6) is 0 Å². The third kappa shape index (κ3) is 2.05. The van der Waals surface area contributed by atoms with Crippen LogP contribution in [0, 0.1) is 11.8 Å². The van der Waals surface area contributed by atoms with Crippen molar-refractivity contribution in [1.29, 1.82) is 0 Å². The maximum absolute atomic E-state index is 11.7. The smallest absolute Gasteiger partial charge is 0.223 e. The average Bonchev–Trinajstić information content (AvgIpc) is 2.48. The van der Waals surface area contributed by atoms with Gasteiger partial charge in [0.15, 0.2) is 0 Å². The van der Waals surface area contributed by atoms with Crippen molar-refractivity contribution in [2.24, 2.45) is 11.8 Å². The lowest BCUT2D eigenvalue weighted by molar-refractivity contribution is -0.128. The highest BCUT2D eigenvalue weighted by molar-refractivity contribution is 6.18. The molecule has 3 heteroatoms. The second-order valence-electron chi connectivity index (χ2n) is 4.59. The summed E-state index contributed by atoms with van der Waals surface area (Å²) in [5.41, 5.74) is 0. The van der Waals surface area contributed by atoms with Gasteiger partial charge >= 0.3 is 0 Å². The number of carbonyl (C=O) groups is 1. The van der Waals surface area contributed by atoms with Crippen LogP contribution in [0.1, 0.15) is 38.5 Å². The molecule has 0 radical (unpaired) electrons. The summed E-state index contributed by atoms with van der Waals surface area (Å²) in [6, 6.07) is 0.362. The second-order valence-corrected chi connectivity index (χ2v) is 4.90. The summed E-state index contributed by atoms with van der Waals surface area (Å²) in [6.07, 6.45) is 6.91. The van der Waals surface area contributed by atoms with Crippen molar-refractivity contribution in [3.8, 4) is 0 Å². The molecule has 2 aliphatic rings. The van der Waals surface area contributed by atoms with Gasteiger partial charge in [0, 0.05) is 17.8 Å². The number of hydrogen-bond donors (Lipinski definition) is 1. The summed E-state index contributed by atoms with van der Waals surface area (Å²) in [4.78, 5) is 11.7. The number of nitrogens with one attached hydrogen (secondary N) is 1. The Kier molecular flexibility index (Phi) is 3.32. The minimum Gasteiger partial charge on any atom is -0.353 e. The van der Waals surface area contributed by atoms with E-state index in [-0.39, 0.29) is 5.91 Å². The Morgan fingerprint density at radius 2 is 1.93 bits per heavy atom. The highest BCUT2D eigenvalue weighted by Gasteiger charge is 2.31. The first-order valence-corrected chi connectivity index (χ1v) is 6.21. The molecule has 2 aliphatic carbocycles. The number of halogens is 1. The van der Waals surface area contributed by atoms with Crippen LogP contribution in [0.4, 0.5) is 0 Å². The van der Waals surface area contributed by atoms with E-state index in [0.29, 0.717) is 23.8 Å². The van der Waals surface area contributed by atoms with Gasteiger partial charge in [-0.15, -0.1) is 11.6 Å². The van der Waals surface area contributed by atoms with Gasteiger partial charge in [-0.25, -0.2) is 0 Å². The van der Waals surface area contributed by atoms with Crippen LogP contribution in [0.15, 0.2) is 0 Å². The van der Waals surface area contributed by atoms with Gasteiger partial charge in [0.1, 0.15) is 0 Å². The van der Waals surface area contributed by atoms with Gasteiger partial charge in [-0.1, -0.05) is 12.8 Å². The largest absolute Gasteiger partial charge is 0.353 e. The van der Waals surface area contributed by atoms with Gasteiger partial charge in [0.05, 0.1) is 0 Å². The molecule has 2 saturated carbocycles. The lowest BCUT2D eigenvalue weighted by Crippen LogP contribution is -2.43. The van der Waals surface area contributed by atoms with E-state index in [0.717, 1.165) is 19.3 Å². The van der Waals surface area contributed by atoms with Crippen molar-refractivity contribution in [3.05, 3.63) is 0 Å². The van der Waals surface area contributed by atoms with E-state index in [1.165, 1.54) is 19.3 Å². The van der Waals surface area contributed by atoms with Gasteiger partial charge in [0.2, 0.25) is 5.91 Å². The second kappa shape index (κ2) is 4.52. The molecule has 0 aromatic heterocycles. The first-order valence-electron chi connectivity index (χ1n) is 5.67. The Morgan fingerprint density at radius 1 is 1.21 bits per heavy atom. The molecule has 2 unspecified atom stereocenters. The summed E-state index contributed by atoms with van der Waals surface area (Å²) in [5.74, 6) is 1.79. The van der Waals surface area contributed by atoms with Crippen LogP contribution in [0.25, 0.3) is 0 Å². The molecule has 14 heavy (non-hydrogen) atoms. The van der Waals surface area contributed by atoms with Crippen molar-refractivity contribution in [2.45, 2.75) is 44.6 Å². The van der Waals surface area contributed by atoms with Gasteiger partial charge in [-0.3, -0.25) is 4.79 Å². The SMILES string of the molecule is O=C(NC1CCCC1CCl)C1CCC1. The Bertz CT molecular complexity index is 215. The van der Waals surface area contributed by atoms with Gasteiger partial charge in [0.25, 0.3) is 0 Å². The van der Waals surface area contributed by atoms with E-state index in [1.54, 1.807) is 0 Å². The monoisotopic (exact) mass is 215 g/mol. The summed E-state index contributed by atoms with van der Waals surface area (Å²) in [7, 11) is 0. The van der Waals surface area contributed by atoms with E-state index < -0.39 is 0 Å². The Labute approximate surface area is 90.4 Å². The topological polar surface area (TPSA) is 29.1 Å². The molecule has 0 saturated heterocycles. The molecule has 0 aromatic carbocycles.